The molecule has 8 nitrogen and oxygen atoms in total. The molecule has 1 aliphatic carbocycles. The van der Waals surface area contributed by atoms with E-state index in [-0.39, 0.29) is 19.4 Å². The zero-order chi connectivity index (χ0) is 22.2. The fraction of sp³-hybridized carbons (Fsp3) is 0.524. The predicted octanol–water partition coefficient (Wildman–Crippen LogP) is 2.23. The number of aromatic nitrogens is 2. The summed E-state index contributed by atoms with van der Waals surface area (Å²) in [6.45, 7) is 2.70. The molecule has 0 radical (unpaired) electrons. The van der Waals surface area contributed by atoms with E-state index >= 15 is 0 Å². The van der Waals surface area contributed by atoms with E-state index in [2.05, 4.69) is 4.72 Å². The molecular formula is C21H28FN3O5S. The normalized spacial score (nSPS) is 15.6. The monoisotopic (exact) mass is 453 g/mol. The van der Waals surface area contributed by atoms with E-state index in [9.17, 15) is 18.5 Å². The topological polar surface area (TPSA) is 108 Å². The van der Waals surface area contributed by atoms with Crippen LogP contribution in [0.1, 0.15) is 44.2 Å². The second-order valence-electron chi connectivity index (χ2n) is 7.64. The van der Waals surface area contributed by atoms with Crippen LogP contribution in [0.25, 0.3) is 0 Å². The minimum atomic E-state index is -1.27. The molecule has 0 unspecified atom stereocenters. The van der Waals surface area contributed by atoms with Crippen LogP contribution in [-0.4, -0.2) is 33.1 Å². The van der Waals surface area contributed by atoms with Gasteiger partial charge in [-0.1, -0.05) is 25.0 Å². The van der Waals surface area contributed by atoms with Gasteiger partial charge in [0.05, 0.1) is 25.5 Å². The fourth-order valence-electron chi connectivity index (χ4n) is 2.98. The van der Waals surface area contributed by atoms with Gasteiger partial charge in [-0.2, -0.15) is 4.39 Å². The quantitative estimate of drug-likeness (QED) is 0.356. The first kappa shape index (κ1) is 23.5. The van der Waals surface area contributed by atoms with Gasteiger partial charge in [0.25, 0.3) is 5.56 Å². The predicted molar refractivity (Wildman–Crippen MR) is 116 cm³/mol. The summed E-state index contributed by atoms with van der Waals surface area (Å²) in [6.07, 6.45) is 5.00. The number of hydrogen-bond acceptors (Lipinski definition) is 6. The van der Waals surface area contributed by atoms with Crippen LogP contribution in [0.3, 0.4) is 0 Å². The lowest BCUT2D eigenvalue weighted by Gasteiger charge is -2.18. The number of rotatable bonds is 13. The lowest BCUT2D eigenvalue weighted by molar-refractivity contribution is 0.0736. The van der Waals surface area contributed by atoms with Crippen molar-refractivity contribution in [1.29, 1.82) is 0 Å². The number of ether oxygens (including phenoxy) is 2. The average Bonchev–Trinajstić information content (AvgIpc) is 3.56. The van der Waals surface area contributed by atoms with Crippen LogP contribution in [0.5, 0.6) is 5.75 Å². The van der Waals surface area contributed by atoms with Crippen LogP contribution in [0.4, 0.5) is 4.39 Å². The van der Waals surface area contributed by atoms with Gasteiger partial charge in [-0.15, -0.1) is 4.72 Å². The smallest absolute Gasteiger partial charge is 0.330 e. The lowest BCUT2D eigenvalue weighted by Crippen LogP contribution is -2.32. The van der Waals surface area contributed by atoms with Crippen molar-refractivity contribution in [3.05, 3.63) is 62.7 Å². The van der Waals surface area contributed by atoms with E-state index in [0.29, 0.717) is 12.2 Å². The van der Waals surface area contributed by atoms with Crippen molar-refractivity contribution < 1.29 is 18.4 Å². The largest absolute Gasteiger partial charge is 0.598 e. The van der Waals surface area contributed by atoms with Crippen molar-refractivity contribution in [2.45, 2.75) is 45.4 Å². The maximum Gasteiger partial charge on any atom is 0.330 e. The molecule has 170 valence electrons. The van der Waals surface area contributed by atoms with Crippen molar-refractivity contribution in [3.63, 3.8) is 0 Å². The Morgan fingerprint density at radius 2 is 2.16 bits per heavy atom. The molecule has 1 saturated carbocycles. The highest BCUT2D eigenvalue weighted by Gasteiger charge is 2.21. The summed E-state index contributed by atoms with van der Waals surface area (Å²) in [4.78, 5) is 24.4. The molecule has 1 aromatic heterocycles. The van der Waals surface area contributed by atoms with Crippen LogP contribution >= 0.6 is 0 Å². The highest BCUT2D eigenvalue weighted by atomic mass is 32.2. The molecule has 0 aliphatic heterocycles. The summed E-state index contributed by atoms with van der Waals surface area (Å²) in [5, 5.41) is 0. The molecule has 0 spiro atoms. The zero-order valence-corrected chi connectivity index (χ0v) is 18.3. The Balaban J connectivity index is 1.35. The van der Waals surface area contributed by atoms with Gasteiger partial charge in [0.15, 0.2) is 0 Å². The van der Waals surface area contributed by atoms with Crippen LogP contribution in [0.15, 0.2) is 40.1 Å². The van der Waals surface area contributed by atoms with Crippen molar-refractivity contribution in [1.82, 2.24) is 14.3 Å². The lowest BCUT2D eigenvalue weighted by atomic mass is 10.1. The standard InChI is InChI=1S/C21H28FN3O5S/c1-15(17-4-2-5-18(12-17)30-10-8-16-6-7-16)24-31(28)11-3-9-29-14-25-13-19(22)20(26)23-21(25)27/h2,4-5,12-13,15-16,24H,3,6-11,14H2,1H3,(H,23,26,27)/t15-,31+/m1/s1. The van der Waals surface area contributed by atoms with E-state index in [1.807, 2.05) is 36.2 Å². The van der Waals surface area contributed by atoms with E-state index in [1.165, 1.54) is 12.8 Å². The third kappa shape index (κ3) is 7.80. The summed E-state index contributed by atoms with van der Waals surface area (Å²) in [6, 6.07) is 7.67. The van der Waals surface area contributed by atoms with Crippen LogP contribution < -0.4 is 20.7 Å². The van der Waals surface area contributed by atoms with Crippen molar-refractivity contribution >= 4 is 11.4 Å². The number of benzene rings is 1. The molecular weight excluding hydrogens is 425 g/mol. The first-order chi connectivity index (χ1) is 14.9. The molecule has 0 saturated heterocycles. The highest BCUT2D eigenvalue weighted by molar-refractivity contribution is 7.89. The maximum atomic E-state index is 13.2. The Bertz CT molecular complexity index is 963. The molecule has 3 rings (SSSR count). The molecule has 0 bridgehead atoms. The van der Waals surface area contributed by atoms with E-state index in [1.54, 1.807) is 0 Å². The fourth-order valence-corrected chi connectivity index (χ4v) is 4.01. The summed E-state index contributed by atoms with van der Waals surface area (Å²) in [7, 11) is 0. The Kier molecular flexibility index (Phi) is 8.70. The number of nitrogens with one attached hydrogen (secondary N) is 2. The molecule has 10 heteroatoms. The third-order valence-corrected chi connectivity index (χ3v) is 6.25. The van der Waals surface area contributed by atoms with Crippen molar-refractivity contribution in [2.24, 2.45) is 5.92 Å². The van der Waals surface area contributed by atoms with Crippen LogP contribution in [0.2, 0.25) is 0 Å². The Morgan fingerprint density at radius 3 is 2.94 bits per heavy atom. The molecule has 0 amide bonds. The van der Waals surface area contributed by atoms with Gasteiger partial charge in [0.1, 0.15) is 18.2 Å². The van der Waals surface area contributed by atoms with Crippen molar-refractivity contribution in [2.75, 3.05) is 19.0 Å². The number of hydrogen-bond donors (Lipinski definition) is 2. The van der Waals surface area contributed by atoms with E-state index in [0.717, 1.165) is 41.0 Å². The number of aromatic amines is 1. The second kappa shape index (κ2) is 11.5. The Labute approximate surface area is 183 Å². The molecule has 2 aromatic rings. The molecule has 31 heavy (non-hydrogen) atoms. The average molecular weight is 454 g/mol. The van der Waals surface area contributed by atoms with E-state index in [4.69, 9.17) is 9.47 Å². The molecule has 1 aromatic carbocycles. The maximum absolute atomic E-state index is 13.2. The Hall–Kier alpha value is -2.14. The molecule has 1 heterocycles. The minimum Gasteiger partial charge on any atom is -0.598 e. The van der Waals surface area contributed by atoms with E-state index < -0.39 is 28.4 Å². The Morgan fingerprint density at radius 1 is 1.35 bits per heavy atom. The second-order valence-corrected chi connectivity index (χ2v) is 8.97. The number of H-pyrrole nitrogens is 1. The summed E-state index contributed by atoms with van der Waals surface area (Å²) in [5.41, 5.74) is -0.815. The van der Waals surface area contributed by atoms with Gasteiger partial charge in [-0.25, -0.2) is 4.79 Å². The summed E-state index contributed by atoms with van der Waals surface area (Å²) < 4.78 is 40.6. The van der Waals surface area contributed by atoms with Gasteiger partial charge in [-0.05, 0) is 37.0 Å². The first-order valence-corrected chi connectivity index (χ1v) is 11.7. The zero-order valence-electron chi connectivity index (χ0n) is 17.5. The third-order valence-electron chi connectivity index (χ3n) is 4.97. The molecule has 2 N–H and O–H groups in total. The first-order valence-electron chi connectivity index (χ1n) is 10.4. The van der Waals surface area contributed by atoms with Gasteiger partial charge in [-0.3, -0.25) is 14.3 Å². The minimum absolute atomic E-state index is 0.114. The van der Waals surface area contributed by atoms with Gasteiger partial charge < -0.3 is 14.0 Å². The van der Waals surface area contributed by atoms with Crippen LogP contribution in [0, 0.1) is 11.7 Å². The summed E-state index contributed by atoms with van der Waals surface area (Å²) in [5.74, 6) is 0.949. The van der Waals surface area contributed by atoms with Gasteiger partial charge in [0, 0.05) is 17.8 Å². The molecule has 1 fully saturated rings. The molecule has 2 atom stereocenters. The highest BCUT2D eigenvalue weighted by Crippen LogP contribution is 2.32. The number of nitrogens with zero attached hydrogens (tertiary/aromatic N) is 1. The van der Waals surface area contributed by atoms with Crippen LogP contribution in [-0.2, 0) is 22.8 Å². The van der Waals surface area contributed by atoms with Crippen molar-refractivity contribution in [3.8, 4) is 5.75 Å². The SMILES string of the molecule is C[C@@H](N[S@@+]([O-])CCCOCn1cc(F)c(=O)[nH]c1=O)c1cccc(OCCC2CC2)c1. The number of halogens is 1. The molecule has 1 aliphatic rings. The van der Waals surface area contributed by atoms with Gasteiger partial charge in [0.2, 0.25) is 5.82 Å². The summed E-state index contributed by atoms with van der Waals surface area (Å²) >= 11 is -1.27. The van der Waals surface area contributed by atoms with Gasteiger partial charge >= 0.3 is 5.69 Å².